The van der Waals surface area contributed by atoms with Crippen LogP contribution in [0.15, 0.2) is 41.5 Å². The number of rotatable bonds is 9. The molecule has 0 amide bonds. The maximum atomic E-state index is 12.3. The van der Waals surface area contributed by atoms with Crippen molar-refractivity contribution in [2.24, 2.45) is 10.7 Å². The van der Waals surface area contributed by atoms with Gasteiger partial charge in [0.1, 0.15) is 0 Å². The van der Waals surface area contributed by atoms with E-state index in [4.69, 9.17) is 19.9 Å². The number of nitrogens with two attached hydrogens (primary N) is 1. The van der Waals surface area contributed by atoms with Crippen LogP contribution in [0.2, 0.25) is 0 Å². The Morgan fingerprint density at radius 3 is 2.57 bits per heavy atom. The van der Waals surface area contributed by atoms with Crippen LogP contribution in [0.1, 0.15) is 11.1 Å². The van der Waals surface area contributed by atoms with Crippen molar-refractivity contribution in [2.45, 2.75) is 19.1 Å². The van der Waals surface area contributed by atoms with Crippen molar-refractivity contribution in [3.63, 3.8) is 0 Å². The van der Waals surface area contributed by atoms with Gasteiger partial charge in [-0.05, 0) is 30.2 Å². The highest BCUT2D eigenvalue weighted by Crippen LogP contribution is 2.27. The average Bonchev–Trinajstić information content (AvgIpc) is 2.70. The second-order valence-corrected chi connectivity index (χ2v) is 5.94. The average molecular weight is 540 g/mol. The van der Waals surface area contributed by atoms with Crippen LogP contribution in [0, 0.1) is 0 Å². The fourth-order valence-electron chi connectivity index (χ4n) is 2.42. The summed E-state index contributed by atoms with van der Waals surface area (Å²) >= 11 is 0. The Bertz CT molecular complexity index is 835. The second-order valence-electron chi connectivity index (χ2n) is 5.94. The summed E-state index contributed by atoms with van der Waals surface area (Å²) < 4.78 is 52.2. The van der Waals surface area contributed by atoms with E-state index in [2.05, 4.69) is 15.3 Å². The Labute approximate surface area is 189 Å². The van der Waals surface area contributed by atoms with Crippen LogP contribution in [0.4, 0.5) is 13.2 Å². The number of benzene rings is 1. The molecule has 30 heavy (non-hydrogen) atoms. The van der Waals surface area contributed by atoms with Gasteiger partial charge in [-0.2, -0.15) is 13.2 Å². The number of guanidine groups is 1. The smallest absolute Gasteiger partial charge is 0.422 e. The third-order valence-corrected chi connectivity index (χ3v) is 3.81. The molecule has 0 aliphatic heterocycles. The summed E-state index contributed by atoms with van der Waals surface area (Å²) in [5.74, 6) is 1.32. The summed E-state index contributed by atoms with van der Waals surface area (Å²) in [6.07, 6.45) is -2.43. The fraction of sp³-hybridized carbons (Fsp3) is 0.368. The summed E-state index contributed by atoms with van der Waals surface area (Å²) in [6.45, 7) is -0.870. The first-order valence-electron chi connectivity index (χ1n) is 8.70. The zero-order valence-corrected chi connectivity index (χ0v) is 18.9. The van der Waals surface area contributed by atoms with Gasteiger partial charge in [0.2, 0.25) is 5.88 Å². The van der Waals surface area contributed by atoms with Crippen LogP contribution in [0.5, 0.6) is 17.4 Å². The van der Waals surface area contributed by atoms with Crippen molar-refractivity contribution in [3.05, 3.63) is 47.7 Å². The van der Waals surface area contributed by atoms with Gasteiger partial charge < -0.3 is 25.3 Å². The summed E-state index contributed by atoms with van der Waals surface area (Å²) in [5, 5.41) is 2.96. The molecule has 1 aromatic heterocycles. The molecule has 166 valence electrons. The number of nitrogens with one attached hydrogen (secondary N) is 1. The molecule has 1 heterocycles. The number of halogens is 4. The molecule has 0 aliphatic carbocycles. The van der Waals surface area contributed by atoms with E-state index in [0.717, 1.165) is 5.56 Å². The lowest BCUT2D eigenvalue weighted by Crippen LogP contribution is -2.33. The van der Waals surface area contributed by atoms with E-state index < -0.39 is 12.8 Å². The molecule has 0 radical (unpaired) electrons. The number of pyridine rings is 1. The van der Waals surface area contributed by atoms with Gasteiger partial charge in [0, 0.05) is 18.3 Å². The molecule has 1 aromatic carbocycles. The number of aromatic nitrogens is 1. The standard InChI is InChI=1S/C19H23F3N4O3.HI/c1-27-15-6-5-13(10-16(15)28-2)7-9-25-18(23)26-11-14-4-3-8-24-17(14)29-12-19(20,21)22;/h3-6,8,10H,7,9,11-12H2,1-2H3,(H3,23,25,26);1H. The first-order valence-corrected chi connectivity index (χ1v) is 8.70. The molecule has 0 bridgehead atoms. The van der Waals surface area contributed by atoms with Gasteiger partial charge in [-0.25, -0.2) is 9.98 Å². The molecule has 0 saturated carbocycles. The van der Waals surface area contributed by atoms with Crippen LogP contribution in [0.3, 0.4) is 0 Å². The van der Waals surface area contributed by atoms with E-state index in [0.29, 0.717) is 30.0 Å². The lowest BCUT2D eigenvalue weighted by Gasteiger charge is -2.11. The maximum Gasteiger partial charge on any atom is 0.422 e. The topological polar surface area (TPSA) is 91.0 Å². The predicted octanol–water partition coefficient (Wildman–Crippen LogP) is 3.30. The Kier molecular flexibility index (Phi) is 10.5. The van der Waals surface area contributed by atoms with Gasteiger partial charge in [-0.1, -0.05) is 12.1 Å². The largest absolute Gasteiger partial charge is 0.493 e. The Morgan fingerprint density at radius 1 is 1.17 bits per heavy atom. The molecule has 2 rings (SSSR count). The second kappa shape index (κ2) is 12.3. The monoisotopic (exact) mass is 540 g/mol. The molecule has 2 aromatic rings. The Morgan fingerprint density at radius 2 is 1.90 bits per heavy atom. The quantitative estimate of drug-likeness (QED) is 0.288. The summed E-state index contributed by atoms with van der Waals surface area (Å²) in [4.78, 5) is 7.95. The van der Waals surface area contributed by atoms with E-state index in [1.165, 1.54) is 6.20 Å². The summed E-state index contributed by atoms with van der Waals surface area (Å²) in [5.41, 5.74) is 7.25. The molecule has 0 saturated heterocycles. The van der Waals surface area contributed by atoms with E-state index in [-0.39, 0.29) is 42.4 Å². The summed E-state index contributed by atoms with van der Waals surface area (Å²) in [6, 6.07) is 8.77. The van der Waals surface area contributed by atoms with Gasteiger partial charge >= 0.3 is 6.18 Å². The minimum atomic E-state index is -4.44. The lowest BCUT2D eigenvalue weighted by molar-refractivity contribution is -0.154. The van der Waals surface area contributed by atoms with Gasteiger partial charge in [-0.3, -0.25) is 0 Å². The summed E-state index contributed by atoms with van der Waals surface area (Å²) in [7, 11) is 3.13. The molecular formula is C19H24F3IN4O3. The third-order valence-electron chi connectivity index (χ3n) is 3.81. The molecule has 3 N–H and O–H groups in total. The number of nitrogens with zero attached hydrogens (tertiary/aromatic N) is 2. The van der Waals surface area contributed by atoms with Gasteiger partial charge in [0.05, 0.1) is 20.8 Å². The van der Waals surface area contributed by atoms with Gasteiger partial charge in [-0.15, -0.1) is 24.0 Å². The normalized spacial score (nSPS) is 11.4. The van der Waals surface area contributed by atoms with Crippen molar-refractivity contribution in [3.8, 4) is 17.4 Å². The molecule has 0 unspecified atom stereocenters. The Hall–Kier alpha value is -2.44. The van der Waals surface area contributed by atoms with Gasteiger partial charge in [0.15, 0.2) is 24.1 Å². The van der Waals surface area contributed by atoms with Crippen LogP contribution in [-0.2, 0) is 13.0 Å². The van der Waals surface area contributed by atoms with Crippen LogP contribution in [0.25, 0.3) is 0 Å². The Balaban J connectivity index is 0.00000450. The van der Waals surface area contributed by atoms with Crippen molar-refractivity contribution in [1.29, 1.82) is 0 Å². The van der Waals surface area contributed by atoms with Gasteiger partial charge in [0.25, 0.3) is 0 Å². The van der Waals surface area contributed by atoms with Crippen LogP contribution < -0.4 is 25.3 Å². The number of alkyl halides is 3. The maximum absolute atomic E-state index is 12.3. The predicted molar refractivity (Wildman–Crippen MR) is 118 cm³/mol. The number of ether oxygens (including phenoxy) is 3. The number of hydrogen-bond acceptors (Lipinski definition) is 5. The third kappa shape index (κ3) is 8.51. The van der Waals surface area contributed by atoms with Crippen molar-refractivity contribution in [1.82, 2.24) is 10.3 Å². The highest BCUT2D eigenvalue weighted by atomic mass is 127. The number of methoxy groups -OCH3 is 2. The van der Waals surface area contributed by atoms with Crippen LogP contribution >= 0.6 is 24.0 Å². The first-order chi connectivity index (χ1) is 13.8. The zero-order valence-electron chi connectivity index (χ0n) is 16.5. The SMILES string of the molecule is COc1ccc(CCNC(N)=NCc2cccnc2OCC(F)(F)F)cc1OC.I. The van der Waals surface area contributed by atoms with Crippen LogP contribution in [-0.4, -0.2) is 44.5 Å². The highest BCUT2D eigenvalue weighted by Gasteiger charge is 2.29. The van der Waals surface area contributed by atoms with Crippen molar-refractivity contribution in [2.75, 3.05) is 27.4 Å². The minimum Gasteiger partial charge on any atom is -0.493 e. The number of aliphatic imine (C=N–C) groups is 1. The molecule has 0 aliphatic rings. The van der Waals surface area contributed by atoms with Crippen molar-refractivity contribution < 1.29 is 27.4 Å². The molecule has 7 nitrogen and oxygen atoms in total. The van der Waals surface area contributed by atoms with E-state index in [1.54, 1.807) is 26.4 Å². The molecule has 0 fully saturated rings. The van der Waals surface area contributed by atoms with E-state index >= 15 is 0 Å². The molecule has 11 heteroatoms. The minimum absolute atomic E-state index is 0. The molecule has 0 atom stereocenters. The first kappa shape index (κ1) is 25.6. The van der Waals surface area contributed by atoms with Crippen molar-refractivity contribution >= 4 is 29.9 Å². The highest BCUT2D eigenvalue weighted by molar-refractivity contribution is 14.0. The molecule has 0 spiro atoms. The number of hydrogen-bond donors (Lipinski definition) is 2. The fourth-order valence-corrected chi connectivity index (χ4v) is 2.42. The van der Waals surface area contributed by atoms with E-state index in [1.807, 2.05) is 18.2 Å². The lowest BCUT2D eigenvalue weighted by atomic mass is 10.1. The molecular weight excluding hydrogens is 516 g/mol. The zero-order chi connectivity index (χ0) is 21.3. The van der Waals surface area contributed by atoms with E-state index in [9.17, 15) is 13.2 Å².